The first-order valence-electron chi connectivity index (χ1n) is 10.3. The van der Waals surface area contributed by atoms with E-state index in [4.69, 9.17) is 0 Å². The molecule has 0 aromatic carbocycles. The van der Waals surface area contributed by atoms with Crippen molar-refractivity contribution in [2.75, 3.05) is 6.16 Å². The number of carbonyl (C=O) groups is 1. The molecule has 0 aromatic rings. The summed E-state index contributed by atoms with van der Waals surface area (Å²) in [5.74, 6) is -0.472. The normalized spacial score (nSPS) is 25.2. The van der Waals surface area contributed by atoms with E-state index in [-0.39, 0.29) is 20.4 Å². The second-order valence-electron chi connectivity index (χ2n) is 8.42. The molecule has 0 heterocycles. The minimum absolute atomic E-state index is 0. The summed E-state index contributed by atoms with van der Waals surface area (Å²) < 4.78 is 0. The summed E-state index contributed by atoms with van der Waals surface area (Å²) in [6.07, 6.45) is 21.1. The second kappa shape index (κ2) is 10.0. The zero-order valence-electron chi connectivity index (χ0n) is 15.2. The molecule has 3 saturated carbocycles. The van der Waals surface area contributed by atoms with E-state index in [0.29, 0.717) is 6.16 Å². The van der Waals surface area contributed by atoms with Gasteiger partial charge in [0, 0.05) is 27.7 Å². The minimum atomic E-state index is -1.38. The van der Waals surface area contributed by atoms with Crippen molar-refractivity contribution in [3.8, 4) is 0 Å². The van der Waals surface area contributed by atoms with Gasteiger partial charge in [0.1, 0.15) is 0 Å². The first kappa shape index (κ1) is 20.9. The number of hydrogen-bond donors (Lipinski definition) is 1. The monoisotopic (exact) mass is 445 g/mol. The number of aliphatic carboxylic acids is 1. The molecule has 4 heteroatoms. The first-order chi connectivity index (χ1) is 11.2. The van der Waals surface area contributed by atoms with Gasteiger partial charge < -0.3 is 5.11 Å². The Morgan fingerprint density at radius 3 is 1.21 bits per heavy atom. The number of rotatable bonds is 5. The van der Waals surface area contributed by atoms with Gasteiger partial charge in [-0.05, 0) is 77.0 Å². The third-order valence-corrected chi connectivity index (χ3v) is 13.6. The zero-order valence-corrected chi connectivity index (χ0v) is 17.6. The average molecular weight is 446 g/mol. The van der Waals surface area contributed by atoms with Crippen LogP contribution in [0.5, 0.6) is 0 Å². The van der Waals surface area contributed by atoms with Crippen LogP contribution in [0.4, 0.5) is 0 Å². The second-order valence-corrected chi connectivity index (χ2v) is 12.9. The van der Waals surface area contributed by atoms with Gasteiger partial charge >= 0.3 is 5.97 Å². The van der Waals surface area contributed by atoms with Gasteiger partial charge in [-0.2, -0.15) is 0 Å². The van der Waals surface area contributed by atoms with Gasteiger partial charge in [0.05, 0.1) is 17.0 Å². The molecule has 0 spiro atoms. The number of hydrogen-bond acceptors (Lipinski definition) is 1. The van der Waals surface area contributed by atoms with Gasteiger partial charge in [0.2, 0.25) is 0 Å². The molecule has 3 rings (SSSR count). The number of carboxylic acid groups (broad SMARTS) is 1. The fourth-order valence-electron chi connectivity index (χ4n) is 6.20. The molecule has 2 nitrogen and oxygen atoms in total. The van der Waals surface area contributed by atoms with Gasteiger partial charge in [0.25, 0.3) is 0 Å². The van der Waals surface area contributed by atoms with E-state index in [1.165, 1.54) is 96.3 Å². The molecule has 0 amide bonds. The first-order valence-corrected chi connectivity index (χ1v) is 12.5. The smallest absolute Gasteiger partial charge is 0.341 e. The van der Waals surface area contributed by atoms with Crippen molar-refractivity contribution >= 4 is 13.2 Å². The molecule has 3 fully saturated rings. The molecule has 142 valence electrons. The molecule has 0 radical (unpaired) electrons. The third-order valence-electron chi connectivity index (χ3n) is 7.17. The van der Waals surface area contributed by atoms with Crippen LogP contribution in [0, 0.1) is 0 Å². The van der Waals surface area contributed by atoms with Crippen LogP contribution >= 0.6 is 7.26 Å². The van der Waals surface area contributed by atoms with Crippen LogP contribution in [0.3, 0.4) is 0 Å². The maximum absolute atomic E-state index is 12.0. The predicted molar refractivity (Wildman–Crippen MR) is 100 cm³/mol. The van der Waals surface area contributed by atoms with Crippen LogP contribution in [0.15, 0.2) is 0 Å². The Morgan fingerprint density at radius 2 is 0.958 bits per heavy atom. The third kappa shape index (κ3) is 4.64. The molecule has 1 N–H and O–H groups in total. The Kier molecular flexibility index (Phi) is 8.73. The summed E-state index contributed by atoms with van der Waals surface area (Å²) >= 11 is 0. The molecule has 3 aliphatic carbocycles. The van der Waals surface area contributed by atoms with E-state index < -0.39 is 13.2 Å². The van der Waals surface area contributed by atoms with Gasteiger partial charge in [-0.3, -0.25) is 0 Å². The zero-order chi connectivity index (χ0) is 16.1. The van der Waals surface area contributed by atoms with E-state index in [9.17, 15) is 9.90 Å². The van der Waals surface area contributed by atoms with E-state index in [1.54, 1.807) is 0 Å². The molecule has 0 aliphatic heterocycles. The molecule has 3 aliphatic rings. The Bertz CT molecular complexity index is 338. The van der Waals surface area contributed by atoms with E-state index in [0.717, 1.165) is 17.0 Å². The van der Waals surface area contributed by atoms with Crippen LogP contribution < -0.4 is 0 Å². The standard InChI is InChI=1S/C20H35O2P.Pd/c21-20(22)16-23(17-10-4-1-5-11-17,18-12-6-2-7-13-18)19-14-8-3-9-15-19;/h17-19H,1-16H2;/p+1. The molecule has 0 bridgehead atoms. The van der Waals surface area contributed by atoms with Crippen molar-refractivity contribution in [2.45, 2.75) is 113 Å². The fourth-order valence-corrected chi connectivity index (χ4v) is 13.2. The fraction of sp³-hybridized carbons (Fsp3) is 0.950. The van der Waals surface area contributed by atoms with Crippen molar-refractivity contribution in [1.82, 2.24) is 0 Å². The molecular formula is C20H36O2PPd+. The van der Waals surface area contributed by atoms with Crippen LogP contribution in [-0.4, -0.2) is 34.2 Å². The van der Waals surface area contributed by atoms with Crippen molar-refractivity contribution in [3.63, 3.8) is 0 Å². The van der Waals surface area contributed by atoms with Gasteiger partial charge in [0.15, 0.2) is 6.16 Å². The van der Waals surface area contributed by atoms with Gasteiger partial charge in [-0.1, -0.05) is 19.3 Å². The summed E-state index contributed by atoms with van der Waals surface area (Å²) in [4.78, 5) is 12.0. The Labute approximate surface area is 162 Å². The van der Waals surface area contributed by atoms with Crippen molar-refractivity contribution < 1.29 is 30.3 Å². The summed E-state index contributed by atoms with van der Waals surface area (Å²) in [6, 6.07) is 0. The Morgan fingerprint density at radius 1 is 0.667 bits per heavy atom. The molecular weight excluding hydrogens is 410 g/mol. The average Bonchev–Trinajstić information content (AvgIpc) is 2.62. The van der Waals surface area contributed by atoms with Crippen molar-refractivity contribution in [2.24, 2.45) is 0 Å². The molecule has 0 atom stereocenters. The largest absolute Gasteiger partial charge is 0.479 e. The summed E-state index contributed by atoms with van der Waals surface area (Å²) in [6.45, 7) is 0. The maximum atomic E-state index is 12.0. The SMILES string of the molecule is O=C(O)C[P+](C1CCCCC1)(C1CCCCC1)C1CCCCC1.[Pd]. The van der Waals surface area contributed by atoms with Gasteiger partial charge in [-0.25, -0.2) is 4.79 Å². The summed E-state index contributed by atoms with van der Waals surface area (Å²) in [7, 11) is -1.38. The Balaban J connectivity index is 0.00000208. The maximum Gasteiger partial charge on any atom is 0.341 e. The Hall–Kier alpha value is 0.562. The van der Waals surface area contributed by atoms with Crippen LogP contribution in [-0.2, 0) is 25.2 Å². The van der Waals surface area contributed by atoms with E-state index in [1.807, 2.05) is 0 Å². The minimum Gasteiger partial charge on any atom is -0.479 e. The molecule has 0 unspecified atom stereocenters. The number of carboxylic acids is 1. The quantitative estimate of drug-likeness (QED) is 0.411. The van der Waals surface area contributed by atoms with Crippen LogP contribution in [0.25, 0.3) is 0 Å². The van der Waals surface area contributed by atoms with E-state index in [2.05, 4.69) is 0 Å². The van der Waals surface area contributed by atoms with Crippen LogP contribution in [0.2, 0.25) is 0 Å². The van der Waals surface area contributed by atoms with Crippen molar-refractivity contribution in [1.29, 1.82) is 0 Å². The van der Waals surface area contributed by atoms with Crippen LogP contribution in [0.1, 0.15) is 96.3 Å². The predicted octanol–water partition coefficient (Wildman–Crippen LogP) is 6.08. The topological polar surface area (TPSA) is 37.3 Å². The molecule has 0 aromatic heterocycles. The van der Waals surface area contributed by atoms with E-state index >= 15 is 0 Å². The summed E-state index contributed by atoms with van der Waals surface area (Å²) in [5, 5.41) is 9.87. The summed E-state index contributed by atoms with van der Waals surface area (Å²) in [5.41, 5.74) is 2.41. The van der Waals surface area contributed by atoms with Gasteiger partial charge in [-0.15, -0.1) is 0 Å². The molecule has 24 heavy (non-hydrogen) atoms. The molecule has 0 saturated heterocycles. The van der Waals surface area contributed by atoms with Crippen molar-refractivity contribution in [3.05, 3.63) is 0 Å².